The Morgan fingerprint density at radius 1 is 1.24 bits per heavy atom. The largest absolute Gasteiger partial charge is 0.392 e. The second kappa shape index (κ2) is 8.03. The Morgan fingerprint density at radius 3 is 2.80 bits per heavy atom. The number of carbonyl (C=O) groups is 1. The van der Waals surface area contributed by atoms with Crippen molar-refractivity contribution in [2.75, 3.05) is 0 Å². The van der Waals surface area contributed by atoms with Crippen LogP contribution >= 0.6 is 11.6 Å². The zero-order valence-corrected chi connectivity index (χ0v) is 15.2. The summed E-state index contributed by atoms with van der Waals surface area (Å²) < 4.78 is 0. The van der Waals surface area contributed by atoms with Gasteiger partial charge >= 0.3 is 0 Å². The van der Waals surface area contributed by atoms with E-state index >= 15 is 0 Å². The van der Waals surface area contributed by atoms with Crippen molar-refractivity contribution in [3.63, 3.8) is 0 Å². The van der Waals surface area contributed by atoms with E-state index in [1.165, 1.54) is 11.1 Å². The summed E-state index contributed by atoms with van der Waals surface area (Å²) in [5.74, 6) is 0.270. The number of amides is 1. The summed E-state index contributed by atoms with van der Waals surface area (Å²) in [5.41, 5.74) is 4.62. The molecule has 0 aromatic heterocycles. The SMILES string of the molecule is CCC(=O)N[C@H]1CCc2ccc(CO)cc2[C@H]1Cc1cccc(Cl)c1. The van der Waals surface area contributed by atoms with Crippen LogP contribution in [0.4, 0.5) is 0 Å². The minimum Gasteiger partial charge on any atom is -0.392 e. The summed E-state index contributed by atoms with van der Waals surface area (Å²) >= 11 is 6.15. The maximum atomic E-state index is 12.0. The van der Waals surface area contributed by atoms with E-state index in [-0.39, 0.29) is 24.5 Å². The molecule has 1 aliphatic carbocycles. The van der Waals surface area contributed by atoms with Gasteiger partial charge in [0.1, 0.15) is 0 Å². The van der Waals surface area contributed by atoms with Crippen LogP contribution in [0.5, 0.6) is 0 Å². The average molecular weight is 358 g/mol. The molecular weight excluding hydrogens is 334 g/mol. The second-order valence-corrected chi connectivity index (χ2v) is 7.13. The Kier molecular flexibility index (Phi) is 5.77. The fraction of sp³-hybridized carbons (Fsp3) is 0.381. The highest BCUT2D eigenvalue weighted by Crippen LogP contribution is 2.35. The molecule has 1 aliphatic rings. The van der Waals surface area contributed by atoms with Crippen molar-refractivity contribution < 1.29 is 9.90 Å². The maximum Gasteiger partial charge on any atom is 0.219 e. The van der Waals surface area contributed by atoms with Gasteiger partial charge in [-0.25, -0.2) is 0 Å². The Morgan fingerprint density at radius 2 is 2.08 bits per heavy atom. The Bertz CT molecular complexity index is 759. The van der Waals surface area contributed by atoms with Gasteiger partial charge in [0.15, 0.2) is 0 Å². The molecule has 0 bridgehead atoms. The third-order valence-corrected chi connectivity index (χ3v) is 5.25. The number of benzene rings is 2. The van der Waals surface area contributed by atoms with Crippen molar-refractivity contribution in [1.82, 2.24) is 5.32 Å². The van der Waals surface area contributed by atoms with E-state index in [4.69, 9.17) is 11.6 Å². The fourth-order valence-electron chi connectivity index (χ4n) is 3.70. The summed E-state index contributed by atoms with van der Waals surface area (Å²) in [7, 11) is 0. The number of rotatable bonds is 5. The Balaban J connectivity index is 1.96. The van der Waals surface area contributed by atoms with E-state index in [9.17, 15) is 9.90 Å². The normalized spacial score (nSPS) is 19.3. The summed E-state index contributed by atoms with van der Waals surface area (Å²) in [6.07, 6.45) is 3.19. The Labute approximate surface area is 154 Å². The summed E-state index contributed by atoms with van der Waals surface area (Å²) in [6, 6.07) is 14.2. The van der Waals surface area contributed by atoms with Crippen molar-refractivity contribution in [2.24, 2.45) is 0 Å². The molecule has 0 aliphatic heterocycles. The van der Waals surface area contributed by atoms with E-state index in [0.717, 1.165) is 35.4 Å². The molecule has 0 heterocycles. The second-order valence-electron chi connectivity index (χ2n) is 6.70. The molecule has 0 fully saturated rings. The van der Waals surface area contributed by atoms with Gasteiger partial charge in [-0.15, -0.1) is 0 Å². The van der Waals surface area contributed by atoms with Gasteiger partial charge < -0.3 is 10.4 Å². The van der Waals surface area contributed by atoms with Crippen LogP contribution in [0.1, 0.15) is 47.9 Å². The van der Waals surface area contributed by atoms with Crippen molar-refractivity contribution in [1.29, 1.82) is 0 Å². The summed E-state index contributed by atoms with van der Waals surface area (Å²) in [4.78, 5) is 12.0. The highest BCUT2D eigenvalue weighted by molar-refractivity contribution is 6.30. The van der Waals surface area contributed by atoms with Gasteiger partial charge in [-0.1, -0.05) is 48.9 Å². The molecule has 0 unspecified atom stereocenters. The molecular formula is C21H24ClNO2. The summed E-state index contributed by atoms with van der Waals surface area (Å²) in [6.45, 7) is 1.91. The number of hydrogen-bond acceptors (Lipinski definition) is 2. The molecule has 3 rings (SSSR count). The van der Waals surface area contributed by atoms with Gasteiger partial charge in [0.05, 0.1) is 6.61 Å². The molecule has 0 saturated heterocycles. The number of hydrogen-bond donors (Lipinski definition) is 2. The fourth-order valence-corrected chi connectivity index (χ4v) is 3.91. The molecule has 132 valence electrons. The quantitative estimate of drug-likeness (QED) is 0.849. The zero-order valence-electron chi connectivity index (χ0n) is 14.5. The minimum absolute atomic E-state index is 0.0309. The third-order valence-electron chi connectivity index (χ3n) is 5.01. The number of aryl methyl sites for hydroxylation is 1. The van der Waals surface area contributed by atoms with Crippen LogP contribution in [0, 0.1) is 0 Å². The van der Waals surface area contributed by atoms with E-state index in [0.29, 0.717) is 6.42 Å². The van der Waals surface area contributed by atoms with Gasteiger partial charge in [-0.05, 0) is 53.6 Å². The van der Waals surface area contributed by atoms with Crippen molar-refractivity contribution in [3.8, 4) is 0 Å². The van der Waals surface area contributed by atoms with Crippen molar-refractivity contribution in [3.05, 3.63) is 69.7 Å². The maximum absolute atomic E-state index is 12.0. The third kappa shape index (κ3) is 4.23. The molecule has 1 amide bonds. The van der Waals surface area contributed by atoms with Gasteiger partial charge in [0.25, 0.3) is 0 Å². The number of aliphatic hydroxyl groups is 1. The first-order valence-corrected chi connectivity index (χ1v) is 9.25. The molecule has 0 radical (unpaired) electrons. The number of aliphatic hydroxyl groups excluding tert-OH is 1. The number of fused-ring (bicyclic) bond motifs is 1. The van der Waals surface area contributed by atoms with Crippen LogP contribution in [-0.4, -0.2) is 17.1 Å². The lowest BCUT2D eigenvalue weighted by Crippen LogP contribution is -2.42. The smallest absolute Gasteiger partial charge is 0.219 e. The predicted molar refractivity (Wildman–Crippen MR) is 101 cm³/mol. The standard InChI is InChI=1S/C21H24ClNO2/c1-2-21(25)23-20-9-8-16-7-6-15(13-24)12-18(16)19(20)11-14-4-3-5-17(22)10-14/h3-7,10,12,19-20,24H,2,8-9,11,13H2,1H3,(H,23,25)/t19-,20+/m1/s1. The molecule has 25 heavy (non-hydrogen) atoms. The lowest BCUT2D eigenvalue weighted by atomic mass is 9.75. The number of halogens is 1. The molecule has 0 spiro atoms. The first-order chi connectivity index (χ1) is 12.1. The highest BCUT2D eigenvalue weighted by Gasteiger charge is 2.30. The van der Waals surface area contributed by atoms with Crippen LogP contribution in [0.25, 0.3) is 0 Å². The Hall–Kier alpha value is -1.84. The lowest BCUT2D eigenvalue weighted by molar-refractivity contribution is -0.121. The molecule has 2 aromatic carbocycles. The van der Waals surface area contributed by atoms with Gasteiger partial charge in [-0.2, -0.15) is 0 Å². The number of nitrogens with one attached hydrogen (secondary N) is 1. The molecule has 2 aromatic rings. The van der Waals surface area contributed by atoms with Gasteiger partial charge in [-0.3, -0.25) is 4.79 Å². The molecule has 2 atom stereocenters. The van der Waals surface area contributed by atoms with Gasteiger partial charge in [0.2, 0.25) is 5.91 Å². The first-order valence-electron chi connectivity index (χ1n) is 8.87. The first kappa shape index (κ1) is 18.0. The van der Waals surface area contributed by atoms with Crippen LogP contribution in [0.3, 0.4) is 0 Å². The molecule has 4 heteroatoms. The van der Waals surface area contributed by atoms with E-state index < -0.39 is 0 Å². The van der Waals surface area contributed by atoms with E-state index in [1.54, 1.807) is 0 Å². The number of carbonyl (C=O) groups excluding carboxylic acids is 1. The van der Waals surface area contributed by atoms with Crippen LogP contribution in [0.15, 0.2) is 42.5 Å². The predicted octanol–water partition coefficient (Wildman–Crippen LogP) is 4.00. The van der Waals surface area contributed by atoms with E-state index in [1.807, 2.05) is 31.2 Å². The molecule has 3 nitrogen and oxygen atoms in total. The van der Waals surface area contributed by atoms with Crippen LogP contribution in [-0.2, 0) is 24.2 Å². The van der Waals surface area contributed by atoms with E-state index in [2.05, 4.69) is 23.5 Å². The lowest BCUT2D eigenvalue weighted by Gasteiger charge is -2.35. The van der Waals surface area contributed by atoms with Crippen molar-refractivity contribution >= 4 is 17.5 Å². The molecule has 2 N–H and O–H groups in total. The molecule has 0 saturated carbocycles. The topological polar surface area (TPSA) is 49.3 Å². The monoisotopic (exact) mass is 357 g/mol. The van der Waals surface area contributed by atoms with Gasteiger partial charge in [0, 0.05) is 23.4 Å². The zero-order chi connectivity index (χ0) is 17.8. The van der Waals surface area contributed by atoms with Crippen LogP contribution < -0.4 is 5.32 Å². The highest BCUT2D eigenvalue weighted by atomic mass is 35.5. The van der Waals surface area contributed by atoms with Crippen LogP contribution in [0.2, 0.25) is 5.02 Å². The average Bonchev–Trinajstić information content (AvgIpc) is 2.63. The van der Waals surface area contributed by atoms with Crippen molar-refractivity contribution in [2.45, 2.75) is 51.2 Å². The minimum atomic E-state index is 0.0309. The summed E-state index contributed by atoms with van der Waals surface area (Å²) in [5, 5.41) is 13.4.